The maximum Gasteiger partial charge on any atom is 0.0578 e. The zero-order valence-electron chi connectivity index (χ0n) is 9.81. The molecule has 0 N–H and O–H groups in total. The largest absolute Gasteiger partial charge is 0.375 e. The van der Waals surface area contributed by atoms with E-state index in [2.05, 4.69) is 13.8 Å². The van der Waals surface area contributed by atoms with Crippen molar-refractivity contribution in [1.29, 1.82) is 0 Å². The van der Waals surface area contributed by atoms with E-state index in [9.17, 15) is 0 Å². The van der Waals surface area contributed by atoms with Crippen molar-refractivity contribution in [2.75, 3.05) is 0 Å². The van der Waals surface area contributed by atoms with Gasteiger partial charge in [0.25, 0.3) is 0 Å². The van der Waals surface area contributed by atoms with Gasteiger partial charge >= 0.3 is 0 Å². The molecule has 0 unspecified atom stereocenters. The van der Waals surface area contributed by atoms with Gasteiger partial charge in [-0.15, -0.1) is 0 Å². The van der Waals surface area contributed by atoms with Crippen LogP contribution in [-0.2, 0) is 4.74 Å². The molecule has 0 saturated heterocycles. The number of ether oxygens (including phenoxy) is 1. The van der Waals surface area contributed by atoms with Gasteiger partial charge in [0.1, 0.15) is 0 Å². The lowest BCUT2D eigenvalue weighted by atomic mass is 9.97. The molecule has 1 aliphatic rings. The highest BCUT2D eigenvalue weighted by molar-refractivity contribution is 4.66. The Bertz CT molecular complexity index is 95.3. The third-order valence-corrected chi connectivity index (χ3v) is 2.55. The molecule has 1 heteroatoms. The molecule has 0 aromatic heterocycles. The Labute approximate surface area is 83.9 Å². The number of hydrogen-bond donors (Lipinski definition) is 0. The lowest BCUT2D eigenvalue weighted by molar-refractivity contribution is -0.0220. The molecule has 0 amide bonds. The first kappa shape index (κ1) is 13.0. The molecule has 1 aliphatic carbocycles. The summed E-state index contributed by atoms with van der Waals surface area (Å²) in [4.78, 5) is 0. The van der Waals surface area contributed by atoms with Gasteiger partial charge < -0.3 is 4.74 Å². The molecule has 0 radical (unpaired) electrons. The predicted molar refractivity (Wildman–Crippen MR) is 59.1 cm³/mol. The second-order valence-electron chi connectivity index (χ2n) is 3.61. The van der Waals surface area contributed by atoms with Crippen molar-refractivity contribution in [1.82, 2.24) is 0 Å². The molecule has 0 heterocycles. The summed E-state index contributed by atoms with van der Waals surface area (Å²) < 4.78 is 5.84. The first-order valence-electron chi connectivity index (χ1n) is 5.98. The summed E-state index contributed by atoms with van der Waals surface area (Å²) in [5.41, 5.74) is 0. The van der Waals surface area contributed by atoms with E-state index in [1.807, 2.05) is 13.8 Å². The third kappa shape index (κ3) is 6.09. The molecule has 1 fully saturated rings. The Hall–Kier alpha value is -0.0400. The second kappa shape index (κ2) is 8.55. The van der Waals surface area contributed by atoms with E-state index in [0.29, 0.717) is 12.2 Å². The predicted octanol–water partition coefficient (Wildman–Crippen LogP) is 4.16. The van der Waals surface area contributed by atoms with Crippen LogP contribution in [0.1, 0.15) is 66.2 Å². The molecular formula is C12H26O. The van der Waals surface area contributed by atoms with Crippen molar-refractivity contribution in [3.05, 3.63) is 0 Å². The third-order valence-electron chi connectivity index (χ3n) is 2.55. The summed E-state index contributed by atoms with van der Waals surface area (Å²) >= 11 is 0. The van der Waals surface area contributed by atoms with E-state index >= 15 is 0 Å². The molecule has 13 heavy (non-hydrogen) atoms. The minimum absolute atomic E-state index is 0.470. The van der Waals surface area contributed by atoms with E-state index in [1.54, 1.807) is 0 Å². The van der Waals surface area contributed by atoms with Crippen LogP contribution < -0.4 is 0 Å². The molecule has 0 aromatic carbocycles. The van der Waals surface area contributed by atoms with Crippen LogP contribution in [-0.4, -0.2) is 12.2 Å². The molecule has 1 nitrogen and oxygen atoms in total. The van der Waals surface area contributed by atoms with Crippen molar-refractivity contribution >= 4 is 0 Å². The minimum Gasteiger partial charge on any atom is -0.375 e. The molecule has 0 spiro atoms. The fourth-order valence-electron chi connectivity index (χ4n) is 1.63. The van der Waals surface area contributed by atoms with Crippen LogP contribution in [0.3, 0.4) is 0 Å². The quantitative estimate of drug-likeness (QED) is 0.643. The Kier molecular flexibility index (Phi) is 8.53. The molecule has 1 saturated carbocycles. The Morgan fingerprint density at radius 3 is 2.15 bits per heavy atom. The summed E-state index contributed by atoms with van der Waals surface area (Å²) in [6.45, 7) is 8.36. The second-order valence-corrected chi connectivity index (χ2v) is 3.61. The molecule has 80 valence electrons. The zero-order chi connectivity index (χ0) is 10.1. The van der Waals surface area contributed by atoms with E-state index < -0.39 is 0 Å². The average Bonchev–Trinajstić information content (AvgIpc) is 2.22. The topological polar surface area (TPSA) is 9.23 Å². The minimum atomic E-state index is 0.470. The fourth-order valence-corrected chi connectivity index (χ4v) is 1.63. The van der Waals surface area contributed by atoms with Gasteiger partial charge in [-0.2, -0.15) is 0 Å². The van der Waals surface area contributed by atoms with Crippen LogP contribution in [0.2, 0.25) is 0 Å². The highest BCUT2D eigenvalue weighted by Crippen LogP contribution is 2.21. The van der Waals surface area contributed by atoms with Crippen molar-refractivity contribution < 1.29 is 4.74 Å². The van der Waals surface area contributed by atoms with Crippen LogP contribution in [0.4, 0.5) is 0 Å². The summed E-state index contributed by atoms with van der Waals surface area (Å²) in [5.74, 6) is 0. The molecule has 1 atom stereocenters. The van der Waals surface area contributed by atoms with Crippen LogP contribution in [0.15, 0.2) is 0 Å². The van der Waals surface area contributed by atoms with Crippen LogP contribution in [0, 0.1) is 0 Å². The van der Waals surface area contributed by atoms with Crippen molar-refractivity contribution in [2.24, 2.45) is 0 Å². The monoisotopic (exact) mass is 186 g/mol. The lowest BCUT2D eigenvalue weighted by Gasteiger charge is -2.25. The van der Waals surface area contributed by atoms with Crippen molar-refractivity contribution in [3.63, 3.8) is 0 Å². The smallest absolute Gasteiger partial charge is 0.0578 e. The van der Waals surface area contributed by atoms with Crippen molar-refractivity contribution in [2.45, 2.75) is 78.4 Å². The van der Waals surface area contributed by atoms with Gasteiger partial charge in [0.15, 0.2) is 0 Å². The molecule has 0 bridgehead atoms. The van der Waals surface area contributed by atoms with Gasteiger partial charge in [0.05, 0.1) is 12.2 Å². The van der Waals surface area contributed by atoms with Crippen LogP contribution in [0.5, 0.6) is 0 Å². The summed E-state index contributed by atoms with van der Waals surface area (Å²) in [7, 11) is 0. The van der Waals surface area contributed by atoms with Crippen molar-refractivity contribution in [3.8, 4) is 0 Å². The summed E-state index contributed by atoms with van der Waals surface area (Å²) in [6, 6.07) is 0. The first-order chi connectivity index (χ1) is 6.33. The lowest BCUT2D eigenvalue weighted by Crippen LogP contribution is -2.21. The molecule has 0 aliphatic heterocycles. The standard InChI is InChI=1S/C10H20O.C2H6/c1-3-9(2)11-10-7-5-4-6-8-10;1-2/h9-10H,3-8H2,1-2H3;1-2H3/t9-;/m1./s1. The maximum atomic E-state index is 5.84. The average molecular weight is 186 g/mol. The Balaban J connectivity index is 0.000000671. The van der Waals surface area contributed by atoms with Gasteiger partial charge in [-0.1, -0.05) is 40.0 Å². The van der Waals surface area contributed by atoms with Gasteiger partial charge in [-0.25, -0.2) is 0 Å². The highest BCUT2D eigenvalue weighted by Gasteiger charge is 2.15. The van der Waals surface area contributed by atoms with Gasteiger partial charge in [-0.05, 0) is 26.2 Å². The van der Waals surface area contributed by atoms with Gasteiger partial charge in [-0.3, -0.25) is 0 Å². The fraction of sp³-hybridized carbons (Fsp3) is 1.00. The zero-order valence-corrected chi connectivity index (χ0v) is 9.81. The van der Waals surface area contributed by atoms with E-state index in [-0.39, 0.29) is 0 Å². The highest BCUT2D eigenvalue weighted by atomic mass is 16.5. The maximum absolute atomic E-state index is 5.84. The SMILES string of the molecule is CC.CC[C@@H](C)OC1CCCCC1. The number of rotatable bonds is 3. The van der Waals surface area contributed by atoms with E-state index in [1.165, 1.54) is 32.1 Å². The Morgan fingerprint density at radius 2 is 1.69 bits per heavy atom. The summed E-state index contributed by atoms with van der Waals surface area (Å²) in [6.07, 6.45) is 8.96. The van der Waals surface area contributed by atoms with Crippen LogP contribution >= 0.6 is 0 Å². The van der Waals surface area contributed by atoms with E-state index in [4.69, 9.17) is 4.74 Å². The molecular weight excluding hydrogens is 160 g/mol. The summed E-state index contributed by atoms with van der Waals surface area (Å²) in [5, 5.41) is 0. The van der Waals surface area contributed by atoms with E-state index in [0.717, 1.165) is 6.42 Å². The van der Waals surface area contributed by atoms with Gasteiger partial charge in [0, 0.05) is 0 Å². The normalized spacial score (nSPS) is 20.3. The first-order valence-corrected chi connectivity index (χ1v) is 5.98. The Morgan fingerprint density at radius 1 is 1.15 bits per heavy atom. The van der Waals surface area contributed by atoms with Crippen LogP contribution in [0.25, 0.3) is 0 Å². The molecule has 0 aromatic rings. The molecule has 1 rings (SSSR count). The van der Waals surface area contributed by atoms with Gasteiger partial charge in [0.2, 0.25) is 0 Å². The number of hydrogen-bond acceptors (Lipinski definition) is 1.